The Hall–Kier alpha value is -2.23. The monoisotopic (exact) mass is 420 g/mol. The van der Waals surface area contributed by atoms with Gasteiger partial charge in [0.05, 0.1) is 27.9 Å². The summed E-state index contributed by atoms with van der Waals surface area (Å²) in [6.45, 7) is 1.63. The van der Waals surface area contributed by atoms with Gasteiger partial charge in [-0.25, -0.2) is 5.43 Å². The third-order valence-electron chi connectivity index (χ3n) is 4.05. The summed E-state index contributed by atoms with van der Waals surface area (Å²) in [6, 6.07) is 1.72. The molecule has 1 aliphatic heterocycles. The van der Waals surface area contributed by atoms with Crippen LogP contribution >= 0.6 is 23.2 Å². The molecule has 6 nitrogen and oxygen atoms in total. The third-order valence-corrected chi connectivity index (χ3v) is 4.66. The SMILES string of the molecule is Cc1[nH]n(C)c(=O)c1C(=O)c1ccc(C(F)(F)F)c(N2C=C(Cl)CN2)c1Cl. The molecule has 27 heavy (non-hydrogen) atoms. The number of nitrogens with one attached hydrogen (secondary N) is 2. The maximum absolute atomic E-state index is 13.5. The van der Waals surface area contributed by atoms with E-state index in [-0.39, 0.29) is 28.4 Å². The molecule has 0 spiro atoms. The van der Waals surface area contributed by atoms with Crippen LogP contribution in [0.25, 0.3) is 0 Å². The third kappa shape index (κ3) is 3.38. The molecule has 3 rings (SSSR count). The van der Waals surface area contributed by atoms with Crippen LogP contribution in [0.2, 0.25) is 5.02 Å². The molecule has 0 fully saturated rings. The number of alkyl halides is 3. The molecule has 0 saturated heterocycles. The summed E-state index contributed by atoms with van der Waals surface area (Å²) in [5.74, 6) is -0.774. The van der Waals surface area contributed by atoms with Crippen molar-refractivity contribution in [2.24, 2.45) is 7.05 Å². The molecule has 0 unspecified atom stereocenters. The first-order chi connectivity index (χ1) is 12.5. The van der Waals surface area contributed by atoms with Crippen LogP contribution in [0.5, 0.6) is 0 Å². The van der Waals surface area contributed by atoms with Gasteiger partial charge in [-0.2, -0.15) is 13.2 Å². The maximum Gasteiger partial charge on any atom is 0.418 e. The number of benzene rings is 1. The van der Waals surface area contributed by atoms with E-state index < -0.39 is 33.8 Å². The van der Waals surface area contributed by atoms with Gasteiger partial charge in [0.2, 0.25) is 5.78 Å². The normalized spacial score (nSPS) is 14.6. The number of hydrazine groups is 1. The Balaban J connectivity index is 2.21. The van der Waals surface area contributed by atoms with Gasteiger partial charge in [0.25, 0.3) is 5.56 Å². The lowest BCUT2D eigenvalue weighted by atomic mass is 10.0. The summed E-state index contributed by atoms with van der Waals surface area (Å²) in [5.41, 5.74) is 0.417. The van der Waals surface area contributed by atoms with E-state index >= 15 is 0 Å². The zero-order valence-corrected chi connectivity index (χ0v) is 15.6. The zero-order valence-electron chi connectivity index (χ0n) is 14.0. The Morgan fingerprint density at radius 3 is 2.41 bits per heavy atom. The van der Waals surface area contributed by atoms with Crippen LogP contribution in [-0.4, -0.2) is 22.1 Å². The Morgan fingerprint density at radius 1 is 1.26 bits per heavy atom. The van der Waals surface area contributed by atoms with Crippen molar-refractivity contribution in [3.05, 3.63) is 61.1 Å². The number of aromatic nitrogens is 2. The molecule has 0 atom stereocenters. The van der Waals surface area contributed by atoms with Gasteiger partial charge < -0.3 is 0 Å². The summed E-state index contributed by atoms with van der Waals surface area (Å²) in [7, 11) is 1.42. The number of aryl methyl sites for hydroxylation is 2. The Bertz CT molecular complexity index is 1020. The number of hydrogen-bond donors (Lipinski definition) is 2. The quantitative estimate of drug-likeness (QED) is 0.747. The fourth-order valence-corrected chi connectivity index (χ4v) is 3.33. The van der Waals surface area contributed by atoms with Gasteiger partial charge >= 0.3 is 6.18 Å². The van der Waals surface area contributed by atoms with Gasteiger partial charge in [0.15, 0.2) is 0 Å². The number of H-pyrrole nitrogens is 1. The molecule has 0 aliphatic carbocycles. The lowest BCUT2D eigenvalue weighted by Gasteiger charge is -2.23. The molecule has 0 bridgehead atoms. The second-order valence-electron chi connectivity index (χ2n) is 5.91. The van der Waals surface area contributed by atoms with Crippen molar-refractivity contribution < 1.29 is 18.0 Å². The predicted molar refractivity (Wildman–Crippen MR) is 95.1 cm³/mol. The highest BCUT2D eigenvalue weighted by Crippen LogP contribution is 2.43. The van der Waals surface area contributed by atoms with E-state index in [9.17, 15) is 22.8 Å². The van der Waals surface area contributed by atoms with Gasteiger partial charge in [0, 0.05) is 24.5 Å². The smallest absolute Gasteiger partial charge is 0.299 e. The van der Waals surface area contributed by atoms with Crippen molar-refractivity contribution in [1.82, 2.24) is 15.2 Å². The minimum Gasteiger partial charge on any atom is -0.299 e. The molecular formula is C16H13Cl2F3N4O2. The summed E-state index contributed by atoms with van der Waals surface area (Å²) in [6.07, 6.45) is -3.47. The van der Waals surface area contributed by atoms with Gasteiger partial charge in [-0.15, -0.1) is 0 Å². The molecule has 11 heteroatoms. The first-order valence-electron chi connectivity index (χ1n) is 7.61. The second-order valence-corrected chi connectivity index (χ2v) is 6.77. The Morgan fingerprint density at radius 2 is 1.93 bits per heavy atom. The van der Waals surface area contributed by atoms with Gasteiger partial charge in [0.1, 0.15) is 5.56 Å². The number of rotatable bonds is 3. The number of anilines is 1. The Labute approximate surface area is 161 Å². The van der Waals surface area contributed by atoms with Gasteiger partial charge in [-0.3, -0.25) is 24.4 Å². The van der Waals surface area contributed by atoms with E-state index in [1.165, 1.54) is 20.2 Å². The number of hydrogen-bond acceptors (Lipinski definition) is 4. The highest BCUT2D eigenvalue weighted by molar-refractivity contribution is 6.38. The average Bonchev–Trinajstić information content (AvgIpc) is 3.09. The van der Waals surface area contributed by atoms with E-state index in [1.807, 2.05) is 0 Å². The topological polar surface area (TPSA) is 70.1 Å². The van der Waals surface area contributed by atoms with Crippen molar-refractivity contribution in [3.8, 4) is 0 Å². The molecule has 0 radical (unpaired) electrons. The van der Waals surface area contributed by atoms with Gasteiger partial charge in [-0.05, 0) is 19.1 Å². The van der Waals surface area contributed by atoms with Crippen molar-refractivity contribution >= 4 is 34.7 Å². The van der Waals surface area contributed by atoms with Crippen LogP contribution in [0.3, 0.4) is 0 Å². The highest BCUT2D eigenvalue weighted by Gasteiger charge is 2.38. The highest BCUT2D eigenvalue weighted by atomic mass is 35.5. The standard InChI is InChI=1S/C16H13Cl2F3N4O2/c1-7-11(15(27)24(2)23-7)14(26)9-3-4-10(16(19,20)21)13(12(9)18)25-6-8(17)5-22-25/h3-4,6,22-23H,5H2,1-2H3. The summed E-state index contributed by atoms with van der Waals surface area (Å²) in [5, 5.41) is 3.52. The second kappa shape index (κ2) is 6.74. The molecule has 2 aromatic rings. The van der Waals surface area contributed by atoms with Crippen molar-refractivity contribution in [2.45, 2.75) is 13.1 Å². The Kier molecular flexibility index (Phi) is 4.87. The fraction of sp³-hybridized carbons (Fsp3) is 0.250. The first kappa shape index (κ1) is 19.5. The molecule has 1 aromatic heterocycles. The van der Waals surface area contributed by atoms with Crippen molar-refractivity contribution in [2.75, 3.05) is 11.6 Å². The van der Waals surface area contributed by atoms with Gasteiger partial charge in [-0.1, -0.05) is 23.2 Å². The largest absolute Gasteiger partial charge is 0.418 e. The minimum atomic E-state index is -4.72. The van der Waals surface area contributed by atoms with E-state index in [0.29, 0.717) is 0 Å². The number of carbonyl (C=O) groups is 1. The fourth-order valence-electron chi connectivity index (χ4n) is 2.83. The minimum absolute atomic E-state index is 0.116. The number of aromatic amines is 1. The van der Waals surface area contributed by atoms with Crippen LogP contribution in [0.4, 0.5) is 18.9 Å². The van der Waals surface area contributed by atoms with E-state index in [0.717, 1.165) is 21.8 Å². The van der Waals surface area contributed by atoms with E-state index in [1.54, 1.807) is 0 Å². The van der Waals surface area contributed by atoms with Crippen LogP contribution in [0.1, 0.15) is 27.2 Å². The molecule has 0 saturated carbocycles. The summed E-state index contributed by atoms with van der Waals surface area (Å²) >= 11 is 12.0. The number of ketones is 1. The molecule has 2 heterocycles. The summed E-state index contributed by atoms with van der Waals surface area (Å²) < 4.78 is 41.5. The van der Waals surface area contributed by atoms with Crippen LogP contribution in [0.15, 0.2) is 28.2 Å². The molecular weight excluding hydrogens is 408 g/mol. The predicted octanol–water partition coefficient (Wildman–Crippen LogP) is 3.33. The average molecular weight is 421 g/mol. The molecule has 144 valence electrons. The zero-order chi connectivity index (χ0) is 20.1. The molecule has 2 N–H and O–H groups in total. The van der Waals surface area contributed by atoms with Crippen LogP contribution in [-0.2, 0) is 13.2 Å². The molecule has 1 aromatic carbocycles. The maximum atomic E-state index is 13.5. The lowest BCUT2D eigenvalue weighted by molar-refractivity contribution is -0.137. The number of carbonyl (C=O) groups excluding carboxylic acids is 1. The van der Waals surface area contributed by atoms with Crippen molar-refractivity contribution in [3.63, 3.8) is 0 Å². The van der Waals surface area contributed by atoms with E-state index in [2.05, 4.69) is 10.5 Å². The number of halogens is 5. The summed E-state index contributed by atoms with van der Waals surface area (Å²) in [4.78, 5) is 25.0. The lowest BCUT2D eigenvalue weighted by Crippen LogP contribution is -2.31. The van der Waals surface area contributed by atoms with E-state index in [4.69, 9.17) is 23.2 Å². The van der Waals surface area contributed by atoms with Crippen molar-refractivity contribution in [1.29, 1.82) is 0 Å². The first-order valence-corrected chi connectivity index (χ1v) is 8.37. The molecule has 1 aliphatic rings. The number of nitrogens with zero attached hydrogens (tertiary/aromatic N) is 2. The van der Waals surface area contributed by atoms with Crippen LogP contribution < -0.4 is 16.0 Å². The molecule has 0 amide bonds. The van der Waals surface area contributed by atoms with Crippen LogP contribution in [0, 0.1) is 6.92 Å².